The standard InChI is InChI=1S/C10H9BrN2O/c1-14-8-6-12-13(7-8)10-5-3-2-4-9(10)11/h2-7H,1H3. The molecule has 1 heterocycles. The predicted molar refractivity (Wildman–Crippen MR) is 57.8 cm³/mol. The van der Waals surface area contributed by atoms with Gasteiger partial charge in [0.25, 0.3) is 0 Å². The van der Waals surface area contributed by atoms with Crippen LogP contribution in [0, 0.1) is 0 Å². The highest BCUT2D eigenvalue weighted by Crippen LogP contribution is 2.21. The number of aromatic nitrogens is 2. The van der Waals surface area contributed by atoms with Gasteiger partial charge in [-0.3, -0.25) is 0 Å². The minimum atomic E-state index is 0.751. The van der Waals surface area contributed by atoms with Crippen LogP contribution in [0.5, 0.6) is 5.75 Å². The SMILES string of the molecule is COc1cnn(-c2ccccc2Br)c1. The third-order valence-electron chi connectivity index (χ3n) is 1.89. The third-order valence-corrected chi connectivity index (χ3v) is 2.56. The fraction of sp³-hybridized carbons (Fsp3) is 0.100. The van der Waals surface area contributed by atoms with Crippen molar-refractivity contribution in [3.8, 4) is 11.4 Å². The molecule has 0 fully saturated rings. The molecule has 1 aromatic heterocycles. The number of para-hydroxylation sites is 1. The van der Waals surface area contributed by atoms with Gasteiger partial charge in [-0.05, 0) is 28.1 Å². The number of nitrogens with zero attached hydrogens (tertiary/aromatic N) is 2. The molecule has 0 amide bonds. The normalized spacial score (nSPS) is 10.1. The van der Waals surface area contributed by atoms with E-state index >= 15 is 0 Å². The van der Waals surface area contributed by atoms with Gasteiger partial charge in [0.15, 0.2) is 5.75 Å². The van der Waals surface area contributed by atoms with Crippen LogP contribution in [0.25, 0.3) is 5.69 Å². The first-order chi connectivity index (χ1) is 6.81. The second-order valence-corrected chi connectivity index (χ2v) is 3.63. The van der Waals surface area contributed by atoms with Gasteiger partial charge < -0.3 is 4.74 Å². The van der Waals surface area contributed by atoms with E-state index in [0.29, 0.717) is 0 Å². The van der Waals surface area contributed by atoms with Crippen LogP contribution in [0.4, 0.5) is 0 Å². The number of benzene rings is 1. The number of hydrogen-bond acceptors (Lipinski definition) is 2. The van der Waals surface area contributed by atoms with E-state index in [9.17, 15) is 0 Å². The Morgan fingerprint density at radius 2 is 2.14 bits per heavy atom. The number of halogens is 1. The summed E-state index contributed by atoms with van der Waals surface area (Å²) < 4.78 is 7.83. The molecular formula is C10H9BrN2O. The molecule has 14 heavy (non-hydrogen) atoms. The molecule has 0 aliphatic rings. The average molecular weight is 253 g/mol. The summed E-state index contributed by atoms with van der Waals surface area (Å²) in [6.45, 7) is 0. The smallest absolute Gasteiger partial charge is 0.157 e. The molecule has 0 aliphatic carbocycles. The maximum Gasteiger partial charge on any atom is 0.157 e. The number of methoxy groups -OCH3 is 1. The molecule has 0 atom stereocenters. The Kier molecular flexibility index (Phi) is 2.54. The van der Waals surface area contributed by atoms with E-state index in [1.807, 2.05) is 30.5 Å². The van der Waals surface area contributed by atoms with E-state index in [1.54, 1.807) is 18.0 Å². The van der Waals surface area contributed by atoms with Crippen molar-refractivity contribution in [1.82, 2.24) is 9.78 Å². The molecule has 0 spiro atoms. The number of rotatable bonds is 2. The van der Waals surface area contributed by atoms with Gasteiger partial charge in [0.1, 0.15) is 0 Å². The van der Waals surface area contributed by atoms with Gasteiger partial charge in [-0.25, -0.2) is 4.68 Å². The minimum Gasteiger partial charge on any atom is -0.493 e. The Hall–Kier alpha value is -1.29. The lowest BCUT2D eigenvalue weighted by molar-refractivity contribution is 0.414. The van der Waals surface area contributed by atoms with Crippen LogP contribution < -0.4 is 4.74 Å². The first-order valence-corrected chi connectivity index (χ1v) is 4.94. The van der Waals surface area contributed by atoms with E-state index in [2.05, 4.69) is 21.0 Å². The monoisotopic (exact) mass is 252 g/mol. The van der Waals surface area contributed by atoms with Gasteiger partial charge in [-0.2, -0.15) is 5.10 Å². The Morgan fingerprint density at radius 1 is 1.36 bits per heavy atom. The predicted octanol–water partition coefficient (Wildman–Crippen LogP) is 2.64. The molecule has 3 nitrogen and oxygen atoms in total. The van der Waals surface area contributed by atoms with Gasteiger partial charge in [0.05, 0.1) is 25.2 Å². The molecule has 0 N–H and O–H groups in total. The molecule has 1 aromatic carbocycles. The molecular weight excluding hydrogens is 244 g/mol. The van der Waals surface area contributed by atoms with Crippen LogP contribution in [-0.2, 0) is 0 Å². The van der Waals surface area contributed by atoms with Crippen molar-refractivity contribution in [3.63, 3.8) is 0 Å². The van der Waals surface area contributed by atoms with Gasteiger partial charge in [0, 0.05) is 4.47 Å². The van der Waals surface area contributed by atoms with E-state index in [1.165, 1.54) is 0 Å². The summed E-state index contributed by atoms with van der Waals surface area (Å²) in [7, 11) is 1.63. The van der Waals surface area contributed by atoms with Crippen LogP contribution in [-0.4, -0.2) is 16.9 Å². The Labute approximate surface area is 90.4 Å². The van der Waals surface area contributed by atoms with E-state index < -0.39 is 0 Å². The Balaban J connectivity index is 2.44. The van der Waals surface area contributed by atoms with E-state index in [-0.39, 0.29) is 0 Å². The zero-order valence-electron chi connectivity index (χ0n) is 7.64. The van der Waals surface area contributed by atoms with Crippen molar-refractivity contribution in [3.05, 3.63) is 41.1 Å². The van der Waals surface area contributed by atoms with Crippen molar-refractivity contribution in [2.24, 2.45) is 0 Å². The number of ether oxygens (including phenoxy) is 1. The lowest BCUT2D eigenvalue weighted by atomic mass is 10.3. The number of hydrogen-bond donors (Lipinski definition) is 0. The second-order valence-electron chi connectivity index (χ2n) is 2.78. The summed E-state index contributed by atoms with van der Waals surface area (Å²) in [5, 5.41) is 4.18. The van der Waals surface area contributed by atoms with Crippen molar-refractivity contribution in [2.75, 3.05) is 7.11 Å². The molecule has 0 bridgehead atoms. The average Bonchev–Trinajstić information content (AvgIpc) is 2.67. The molecule has 0 saturated carbocycles. The topological polar surface area (TPSA) is 27.1 Å². The third kappa shape index (κ3) is 1.65. The zero-order chi connectivity index (χ0) is 9.97. The summed E-state index contributed by atoms with van der Waals surface area (Å²) in [6, 6.07) is 7.89. The van der Waals surface area contributed by atoms with Gasteiger partial charge in [-0.1, -0.05) is 12.1 Å². The Morgan fingerprint density at radius 3 is 2.79 bits per heavy atom. The first kappa shape index (κ1) is 9.27. The molecule has 72 valence electrons. The van der Waals surface area contributed by atoms with Crippen LogP contribution in [0.2, 0.25) is 0 Å². The highest BCUT2D eigenvalue weighted by atomic mass is 79.9. The fourth-order valence-electron chi connectivity index (χ4n) is 1.18. The minimum absolute atomic E-state index is 0.751. The summed E-state index contributed by atoms with van der Waals surface area (Å²) in [6.07, 6.45) is 3.51. The molecule has 4 heteroatoms. The summed E-state index contributed by atoms with van der Waals surface area (Å²) >= 11 is 3.46. The summed E-state index contributed by atoms with van der Waals surface area (Å²) in [4.78, 5) is 0. The molecule has 0 radical (unpaired) electrons. The van der Waals surface area contributed by atoms with Crippen LogP contribution in [0.3, 0.4) is 0 Å². The molecule has 0 unspecified atom stereocenters. The molecule has 2 rings (SSSR count). The summed E-state index contributed by atoms with van der Waals surface area (Å²) in [5.74, 6) is 0.751. The maximum atomic E-state index is 5.06. The van der Waals surface area contributed by atoms with Gasteiger partial charge >= 0.3 is 0 Å². The van der Waals surface area contributed by atoms with Crippen molar-refractivity contribution >= 4 is 15.9 Å². The lowest BCUT2D eigenvalue weighted by Gasteiger charge is -2.02. The fourth-order valence-corrected chi connectivity index (χ4v) is 1.65. The first-order valence-electron chi connectivity index (χ1n) is 4.15. The highest BCUT2D eigenvalue weighted by Gasteiger charge is 2.03. The highest BCUT2D eigenvalue weighted by molar-refractivity contribution is 9.10. The second kappa shape index (κ2) is 3.84. The van der Waals surface area contributed by atoms with E-state index in [0.717, 1.165) is 15.9 Å². The largest absolute Gasteiger partial charge is 0.493 e. The van der Waals surface area contributed by atoms with Crippen molar-refractivity contribution in [2.45, 2.75) is 0 Å². The van der Waals surface area contributed by atoms with Crippen LogP contribution >= 0.6 is 15.9 Å². The van der Waals surface area contributed by atoms with Crippen LogP contribution in [0.1, 0.15) is 0 Å². The molecule has 0 saturated heterocycles. The van der Waals surface area contributed by atoms with E-state index in [4.69, 9.17) is 4.74 Å². The van der Waals surface area contributed by atoms with Gasteiger partial charge in [-0.15, -0.1) is 0 Å². The summed E-state index contributed by atoms with van der Waals surface area (Å²) in [5.41, 5.74) is 0.996. The van der Waals surface area contributed by atoms with Crippen molar-refractivity contribution in [1.29, 1.82) is 0 Å². The van der Waals surface area contributed by atoms with Crippen molar-refractivity contribution < 1.29 is 4.74 Å². The lowest BCUT2D eigenvalue weighted by Crippen LogP contribution is -1.94. The quantitative estimate of drug-likeness (QED) is 0.822. The maximum absolute atomic E-state index is 5.06. The van der Waals surface area contributed by atoms with Crippen LogP contribution in [0.15, 0.2) is 41.1 Å². The molecule has 2 aromatic rings. The zero-order valence-corrected chi connectivity index (χ0v) is 9.23. The molecule has 0 aliphatic heterocycles. The van der Waals surface area contributed by atoms with Gasteiger partial charge in [0.2, 0.25) is 0 Å². The Bertz CT molecular complexity index is 439.